The summed E-state index contributed by atoms with van der Waals surface area (Å²) in [7, 11) is 0. The van der Waals surface area contributed by atoms with Crippen molar-refractivity contribution in [3.8, 4) is 5.75 Å². The lowest BCUT2D eigenvalue weighted by Gasteiger charge is -2.10. The maximum atomic E-state index is 12.6. The van der Waals surface area contributed by atoms with Gasteiger partial charge in [-0.25, -0.2) is 9.78 Å². The standard InChI is InChI=1S/C22H27F3N6O7/c1-2-3-9-31-12-16(30-21(36)28-13-4-6-14(7-5-13)38-22(23,24)25)29-18(31)19(34)27-8-10-37-20(35)15(26)11-17(32)33/h4-7,12,15H,2-3,8-11,26H2,1H3,(H,27,34)(H,32,33)(H2,28,30,36)/t15-/m0/s1. The maximum absolute atomic E-state index is 12.6. The summed E-state index contributed by atoms with van der Waals surface area (Å²) in [6.45, 7) is 1.99. The van der Waals surface area contributed by atoms with E-state index in [4.69, 9.17) is 15.6 Å². The van der Waals surface area contributed by atoms with Gasteiger partial charge in [0.15, 0.2) is 5.82 Å². The number of benzene rings is 1. The first-order chi connectivity index (χ1) is 17.9. The van der Waals surface area contributed by atoms with Crippen molar-refractivity contribution in [1.29, 1.82) is 0 Å². The minimum absolute atomic E-state index is 0.0312. The van der Waals surface area contributed by atoms with Crippen molar-refractivity contribution in [3.05, 3.63) is 36.3 Å². The second kappa shape index (κ2) is 13.8. The lowest BCUT2D eigenvalue weighted by atomic mass is 10.2. The van der Waals surface area contributed by atoms with Gasteiger partial charge in [0.1, 0.15) is 18.4 Å². The van der Waals surface area contributed by atoms with Gasteiger partial charge in [0, 0.05) is 18.4 Å². The Morgan fingerprint density at radius 3 is 2.45 bits per heavy atom. The molecule has 0 saturated heterocycles. The molecule has 3 amide bonds. The van der Waals surface area contributed by atoms with Gasteiger partial charge in [-0.1, -0.05) is 13.3 Å². The van der Waals surface area contributed by atoms with Crippen LogP contribution >= 0.6 is 0 Å². The number of carbonyl (C=O) groups excluding carboxylic acids is 3. The van der Waals surface area contributed by atoms with Crippen LogP contribution in [0, 0.1) is 0 Å². The van der Waals surface area contributed by atoms with E-state index in [1.807, 2.05) is 6.92 Å². The third kappa shape index (κ3) is 10.3. The predicted molar refractivity (Wildman–Crippen MR) is 126 cm³/mol. The molecule has 208 valence electrons. The van der Waals surface area contributed by atoms with Gasteiger partial charge in [-0.15, -0.1) is 13.2 Å². The zero-order chi connectivity index (χ0) is 28.3. The number of carboxylic acids is 1. The SMILES string of the molecule is CCCCn1cc(NC(=O)Nc2ccc(OC(F)(F)F)cc2)nc1C(=O)NCCOC(=O)[C@@H](N)CC(=O)O. The number of amides is 3. The van der Waals surface area contributed by atoms with Gasteiger partial charge < -0.3 is 35.5 Å². The van der Waals surface area contributed by atoms with Crippen molar-refractivity contribution >= 4 is 35.4 Å². The summed E-state index contributed by atoms with van der Waals surface area (Å²) < 4.78 is 46.9. The van der Waals surface area contributed by atoms with Crippen LogP contribution in [0.2, 0.25) is 0 Å². The summed E-state index contributed by atoms with van der Waals surface area (Å²) in [6, 6.07) is 2.39. The largest absolute Gasteiger partial charge is 0.573 e. The minimum atomic E-state index is -4.84. The van der Waals surface area contributed by atoms with Crippen molar-refractivity contribution in [2.45, 2.75) is 45.1 Å². The first-order valence-corrected chi connectivity index (χ1v) is 11.3. The fraction of sp³-hybridized carbons (Fsp3) is 0.409. The van der Waals surface area contributed by atoms with Gasteiger partial charge in [0.05, 0.1) is 13.0 Å². The van der Waals surface area contributed by atoms with Crippen LogP contribution in [0.25, 0.3) is 0 Å². The van der Waals surface area contributed by atoms with Crippen molar-refractivity contribution in [2.24, 2.45) is 5.73 Å². The Morgan fingerprint density at radius 1 is 1.16 bits per heavy atom. The molecule has 1 aromatic carbocycles. The molecular formula is C22H27F3N6O7. The first kappa shape index (κ1) is 29.9. The number of ether oxygens (including phenoxy) is 2. The molecule has 0 spiro atoms. The number of nitrogens with one attached hydrogen (secondary N) is 3. The molecule has 0 unspecified atom stereocenters. The summed E-state index contributed by atoms with van der Waals surface area (Å²) >= 11 is 0. The molecule has 38 heavy (non-hydrogen) atoms. The summed E-state index contributed by atoms with van der Waals surface area (Å²) in [4.78, 5) is 51.3. The van der Waals surface area contributed by atoms with Crippen LogP contribution < -0.4 is 26.4 Å². The van der Waals surface area contributed by atoms with E-state index in [0.29, 0.717) is 13.0 Å². The second-order valence-electron chi connectivity index (χ2n) is 7.78. The normalized spacial score (nSPS) is 11.8. The molecular weight excluding hydrogens is 517 g/mol. The molecule has 0 saturated carbocycles. The van der Waals surface area contributed by atoms with Crippen molar-refractivity contribution in [2.75, 3.05) is 23.8 Å². The van der Waals surface area contributed by atoms with Gasteiger partial charge in [-0.2, -0.15) is 0 Å². The Bertz CT molecular complexity index is 1120. The molecule has 13 nitrogen and oxygen atoms in total. The summed E-state index contributed by atoms with van der Waals surface area (Å²) in [6.07, 6.45) is -2.49. The number of nitrogens with two attached hydrogens (primary N) is 1. The first-order valence-electron chi connectivity index (χ1n) is 11.3. The van der Waals surface area contributed by atoms with E-state index < -0.39 is 48.5 Å². The number of hydrogen-bond acceptors (Lipinski definition) is 8. The highest BCUT2D eigenvalue weighted by Crippen LogP contribution is 2.24. The van der Waals surface area contributed by atoms with Gasteiger partial charge in [-0.3, -0.25) is 19.7 Å². The number of aromatic nitrogens is 2. The number of aryl methyl sites for hydroxylation is 1. The average Bonchev–Trinajstić information content (AvgIpc) is 3.22. The molecule has 1 atom stereocenters. The minimum Gasteiger partial charge on any atom is -0.481 e. The summed E-state index contributed by atoms with van der Waals surface area (Å²) in [5.41, 5.74) is 5.57. The highest BCUT2D eigenvalue weighted by atomic mass is 19.4. The van der Waals surface area contributed by atoms with E-state index in [9.17, 15) is 32.3 Å². The van der Waals surface area contributed by atoms with Crippen LogP contribution in [0.5, 0.6) is 5.75 Å². The number of halogens is 3. The van der Waals surface area contributed by atoms with Crippen LogP contribution in [-0.2, 0) is 20.9 Å². The molecule has 6 N–H and O–H groups in total. The molecule has 0 fully saturated rings. The zero-order valence-electron chi connectivity index (χ0n) is 20.2. The molecule has 1 heterocycles. The number of unbranched alkanes of at least 4 members (excludes halogenated alkanes) is 1. The molecule has 0 aliphatic heterocycles. The van der Waals surface area contributed by atoms with Crippen molar-refractivity contribution in [3.63, 3.8) is 0 Å². The second-order valence-corrected chi connectivity index (χ2v) is 7.78. The van der Waals surface area contributed by atoms with Crippen LogP contribution in [0.3, 0.4) is 0 Å². The number of carboxylic acid groups (broad SMARTS) is 1. The van der Waals surface area contributed by atoms with Crippen molar-refractivity contribution < 1.29 is 46.9 Å². The van der Waals surface area contributed by atoms with Gasteiger partial charge in [-0.05, 0) is 30.7 Å². The van der Waals surface area contributed by atoms with Gasteiger partial charge in [0.2, 0.25) is 5.82 Å². The molecule has 0 aliphatic carbocycles. The Morgan fingerprint density at radius 2 is 1.84 bits per heavy atom. The number of rotatable bonds is 13. The van der Waals surface area contributed by atoms with E-state index in [1.54, 1.807) is 0 Å². The number of imidazole rings is 1. The molecule has 2 aromatic rings. The predicted octanol–water partition coefficient (Wildman–Crippen LogP) is 2.30. The number of anilines is 2. The van der Waals surface area contributed by atoms with E-state index in [0.717, 1.165) is 18.6 Å². The van der Waals surface area contributed by atoms with Crippen LogP contribution in [0.15, 0.2) is 30.5 Å². The van der Waals surface area contributed by atoms with Crippen LogP contribution in [-0.4, -0.2) is 64.1 Å². The number of esters is 1. The fourth-order valence-electron chi connectivity index (χ4n) is 2.95. The molecule has 0 radical (unpaired) electrons. The van der Waals surface area contributed by atoms with Crippen molar-refractivity contribution in [1.82, 2.24) is 14.9 Å². The molecule has 0 aliphatic rings. The number of carbonyl (C=O) groups is 4. The van der Waals surface area contributed by atoms with Gasteiger partial charge >= 0.3 is 24.3 Å². The Balaban J connectivity index is 1.94. The fourth-order valence-corrected chi connectivity index (χ4v) is 2.95. The van der Waals surface area contributed by atoms with E-state index >= 15 is 0 Å². The lowest BCUT2D eigenvalue weighted by molar-refractivity contribution is -0.274. The maximum Gasteiger partial charge on any atom is 0.573 e. The number of hydrogen-bond donors (Lipinski definition) is 5. The molecule has 16 heteroatoms. The third-order valence-corrected chi connectivity index (χ3v) is 4.65. The van der Waals surface area contributed by atoms with E-state index in [2.05, 4.69) is 25.7 Å². The third-order valence-electron chi connectivity index (χ3n) is 4.65. The van der Waals surface area contributed by atoms with Crippen LogP contribution in [0.4, 0.5) is 29.5 Å². The summed E-state index contributed by atoms with van der Waals surface area (Å²) in [5.74, 6) is -3.25. The number of urea groups is 1. The molecule has 0 bridgehead atoms. The Kier molecular flexibility index (Phi) is 10.9. The topological polar surface area (TPSA) is 187 Å². The van der Waals surface area contributed by atoms with E-state index in [1.165, 1.54) is 22.9 Å². The molecule has 1 aromatic heterocycles. The highest BCUT2D eigenvalue weighted by Gasteiger charge is 2.31. The number of nitrogens with zero attached hydrogens (tertiary/aromatic N) is 2. The summed E-state index contributed by atoms with van der Waals surface area (Å²) in [5, 5.41) is 16.0. The van der Waals surface area contributed by atoms with Crippen LogP contribution in [0.1, 0.15) is 36.8 Å². The number of aliphatic carboxylic acids is 1. The highest BCUT2D eigenvalue weighted by molar-refractivity contribution is 5.99. The zero-order valence-corrected chi connectivity index (χ0v) is 20.2. The quantitative estimate of drug-likeness (QED) is 0.186. The average molecular weight is 544 g/mol. The Labute approximate surface area is 214 Å². The number of alkyl halides is 3. The smallest absolute Gasteiger partial charge is 0.481 e. The molecule has 2 rings (SSSR count). The lowest BCUT2D eigenvalue weighted by Crippen LogP contribution is -2.36. The van der Waals surface area contributed by atoms with E-state index in [-0.39, 0.29) is 30.5 Å². The monoisotopic (exact) mass is 544 g/mol. The Hall–Kier alpha value is -4.34. The van der Waals surface area contributed by atoms with Gasteiger partial charge in [0.25, 0.3) is 5.91 Å².